The van der Waals surface area contributed by atoms with Crippen LogP contribution in [0.2, 0.25) is 0 Å². The van der Waals surface area contributed by atoms with E-state index in [0.717, 1.165) is 0 Å². The maximum Gasteiger partial charge on any atom is 0.246 e. The minimum Gasteiger partial charge on any atom is -0.593 e. The number of fused-ring (bicyclic) bond motifs is 1. The molecule has 0 fully saturated rings. The van der Waals surface area contributed by atoms with Gasteiger partial charge in [0.15, 0.2) is 10.7 Å². The maximum absolute atomic E-state index is 13.1. The number of aromatic nitrogens is 3. The van der Waals surface area contributed by atoms with Crippen LogP contribution in [0, 0.1) is 0 Å². The second kappa shape index (κ2) is 8.78. The molecule has 30 heavy (non-hydrogen) atoms. The highest BCUT2D eigenvalue weighted by Crippen LogP contribution is 2.33. The van der Waals surface area contributed by atoms with Gasteiger partial charge in [0.1, 0.15) is 18.1 Å². The molecule has 0 bridgehead atoms. The molecule has 1 aliphatic rings. The minimum absolute atomic E-state index is 0.0510. The highest BCUT2D eigenvalue weighted by Gasteiger charge is 2.31. The zero-order valence-corrected chi connectivity index (χ0v) is 17.2. The van der Waals surface area contributed by atoms with E-state index in [1.54, 1.807) is 43.6 Å². The number of benzene rings is 1. The molecular weight excluding hydrogens is 402 g/mol. The third kappa shape index (κ3) is 4.13. The number of carbonyl (C=O) groups is 1. The molecule has 0 spiro atoms. The van der Waals surface area contributed by atoms with Gasteiger partial charge in [-0.1, -0.05) is 24.3 Å². The van der Waals surface area contributed by atoms with Crippen molar-refractivity contribution >= 4 is 23.1 Å². The summed E-state index contributed by atoms with van der Waals surface area (Å²) < 4.78 is 14.2. The van der Waals surface area contributed by atoms with Crippen LogP contribution in [-0.2, 0) is 22.6 Å². The van der Waals surface area contributed by atoms with Gasteiger partial charge in [-0.25, -0.2) is 4.98 Å². The summed E-state index contributed by atoms with van der Waals surface area (Å²) in [6.45, 7) is 0.417. The van der Waals surface area contributed by atoms with Gasteiger partial charge in [-0.2, -0.15) is 4.98 Å². The fraction of sp³-hybridized carbons (Fsp3) is 0.238. The van der Waals surface area contributed by atoms with E-state index in [4.69, 9.17) is 0 Å². The quantitative estimate of drug-likeness (QED) is 0.627. The lowest BCUT2D eigenvalue weighted by Gasteiger charge is -2.30. The van der Waals surface area contributed by atoms with Crippen molar-refractivity contribution in [2.45, 2.75) is 17.7 Å². The molecule has 1 aromatic carbocycles. The number of hydrogen-bond acceptors (Lipinski definition) is 7. The SMILES string of the molecule is CN(CC(=O)N1CCCc2c(O)nc(-c3ccccn3)nc21)[S+]([O-])c1ccccc1. The molecular formula is C21H21N5O3S. The molecule has 1 N–H and O–H groups in total. The van der Waals surface area contributed by atoms with Crippen LogP contribution in [0.3, 0.4) is 0 Å². The van der Waals surface area contributed by atoms with Gasteiger partial charge in [-0.05, 0) is 37.1 Å². The molecule has 2 aromatic heterocycles. The average molecular weight is 423 g/mol. The van der Waals surface area contributed by atoms with Gasteiger partial charge in [0.05, 0.1) is 16.9 Å². The number of likely N-dealkylation sites (N-methyl/N-ethyl adjacent to an activating group) is 1. The maximum atomic E-state index is 13.1. The van der Waals surface area contributed by atoms with Gasteiger partial charge >= 0.3 is 0 Å². The van der Waals surface area contributed by atoms with Crippen LogP contribution in [0.5, 0.6) is 5.88 Å². The highest BCUT2D eigenvalue weighted by atomic mass is 32.2. The van der Waals surface area contributed by atoms with E-state index in [9.17, 15) is 14.5 Å². The third-order valence-electron chi connectivity index (χ3n) is 4.81. The minimum atomic E-state index is -1.46. The predicted octanol–water partition coefficient (Wildman–Crippen LogP) is 2.18. The first-order chi connectivity index (χ1) is 14.5. The molecule has 9 heteroatoms. The van der Waals surface area contributed by atoms with Gasteiger partial charge in [0, 0.05) is 19.8 Å². The van der Waals surface area contributed by atoms with E-state index < -0.39 is 11.4 Å². The van der Waals surface area contributed by atoms with Crippen LogP contribution in [-0.4, -0.2) is 55.0 Å². The van der Waals surface area contributed by atoms with E-state index in [-0.39, 0.29) is 24.2 Å². The molecule has 0 saturated heterocycles. The molecule has 3 aromatic rings. The van der Waals surface area contributed by atoms with Gasteiger partial charge in [-0.3, -0.25) is 14.7 Å². The molecule has 1 aliphatic heterocycles. The van der Waals surface area contributed by atoms with Crippen molar-refractivity contribution in [2.75, 3.05) is 25.0 Å². The van der Waals surface area contributed by atoms with E-state index in [0.29, 0.717) is 41.4 Å². The highest BCUT2D eigenvalue weighted by molar-refractivity contribution is 7.89. The summed E-state index contributed by atoms with van der Waals surface area (Å²) in [5, 5.41) is 10.4. The number of hydrogen-bond donors (Lipinski definition) is 1. The second-order valence-corrected chi connectivity index (χ2v) is 8.48. The Labute approximate surface area is 177 Å². The van der Waals surface area contributed by atoms with Gasteiger partial charge in [0.2, 0.25) is 11.8 Å². The van der Waals surface area contributed by atoms with Crippen LogP contribution in [0.1, 0.15) is 12.0 Å². The standard InChI is InChI=1S/C21H21N5O3S/c1-25(30(29)15-8-3-2-4-9-15)14-18(27)26-13-7-10-16-20(26)23-19(24-21(16)28)17-11-5-6-12-22-17/h2-6,8-9,11-12H,7,10,13-14H2,1H3,(H,23,24,28). The Balaban J connectivity index is 1.59. The first-order valence-corrected chi connectivity index (χ1v) is 10.6. The van der Waals surface area contributed by atoms with Crippen LogP contribution >= 0.6 is 0 Å². The van der Waals surface area contributed by atoms with E-state index in [2.05, 4.69) is 15.0 Å². The normalized spacial score (nSPS) is 14.4. The molecule has 0 radical (unpaired) electrons. The largest absolute Gasteiger partial charge is 0.593 e. The number of carbonyl (C=O) groups excluding carboxylic acids is 1. The third-order valence-corrected chi connectivity index (χ3v) is 6.18. The van der Waals surface area contributed by atoms with Crippen LogP contribution < -0.4 is 4.90 Å². The molecule has 1 atom stereocenters. The molecule has 0 aliphatic carbocycles. The molecule has 1 amide bonds. The average Bonchev–Trinajstić information content (AvgIpc) is 2.79. The monoisotopic (exact) mass is 423 g/mol. The van der Waals surface area contributed by atoms with Crippen molar-refractivity contribution in [3.63, 3.8) is 0 Å². The summed E-state index contributed by atoms with van der Waals surface area (Å²) in [5.74, 6) is 0.262. The lowest BCUT2D eigenvalue weighted by molar-refractivity contribution is -0.118. The van der Waals surface area contributed by atoms with E-state index in [1.807, 2.05) is 18.2 Å². The van der Waals surface area contributed by atoms with Gasteiger partial charge < -0.3 is 9.66 Å². The summed E-state index contributed by atoms with van der Waals surface area (Å²) in [6, 6.07) is 14.3. The van der Waals surface area contributed by atoms with Gasteiger partial charge in [-0.15, -0.1) is 4.31 Å². The Morgan fingerprint density at radius 1 is 1.20 bits per heavy atom. The second-order valence-electron chi connectivity index (χ2n) is 6.89. The summed E-state index contributed by atoms with van der Waals surface area (Å²) in [5.41, 5.74) is 1.05. The number of anilines is 1. The van der Waals surface area contributed by atoms with Gasteiger partial charge in [0.25, 0.3) is 0 Å². The Kier molecular flexibility index (Phi) is 5.93. The lowest BCUT2D eigenvalue weighted by Crippen LogP contribution is -2.43. The van der Waals surface area contributed by atoms with Crippen LogP contribution in [0.25, 0.3) is 11.5 Å². The van der Waals surface area contributed by atoms with Crippen molar-refractivity contribution in [3.05, 3.63) is 60.3 Å². The Morgan fingerprint density at radius 3 is 2.70 bits per heavy atom. The lowest BCUT2D eigenvalue weighted by atomic mass is 10.1. The molecule has 1 unspecified atom stereocenters. The zero-order valence-electron chi connectivity index (χ0n) is 16.4. The summed E-state index contributed by atoms with van der Waals surface area (Å²) in [6.07, 6.45) is 2.88. The summed E-state index contributed by atoms with van der Waals surface area (Å²) >= 11 is -1.46. The fourth-order valence-corrected chi connectivity index (χ4v) is 4.31. The fourth-order valence-electron chi connectivity index (χ4n) is 3.33. The molecule has 3 heterocycles. The summed E-state index contributed by atoms with van der Waals surface area (Å²) in [7, 11) is 1.64. The number of aromatic hydroxyl groups is 1. The van der Waals surface area contributed by atoms with Crippen LogP contribution in [0.15, 0.2) is 59.6 Å². The predicted molar refractivity (Wildman–Crippen MR) is 113 cm³/mol. The topological polar surface area (TPSA) is 106 Å². The van der Waals surface area contributed by atoms with E-state index in [1.165, 1.54) is 9.21 Å². The van der Waals surface area contributed by atoms with E-state index >= 15 is 0 Å². The molecule has 4 rings (SSSR count). The van der Waals surface area contributed by atoms with Crippen molar-refractivity contribution in [1.29, 1.82) is 0 Å². The Bertz CT molecular complexity index is 1040. The Hall–Kier alpha value is -3.01. The molecule has 0 saturated carbocycles. The van der Waals surface area contributed by atoms with Crippen LogP contribution in [0.4, 0.5) is 5.82 Å². The number of nitrogens with zero attached hydrogens (tertiary/aromatic N) is 5. The summed E-state index contributed by atoms with van der Waals surface area (Å²) in [4.78, 5) is 28.1. The number of pyridine rings is 1. The first-order valence-electron chi connectivity index (χ1n) is 9.54. The molecule has 8 nitrogen and oxygen atoms in total. The zero-order chi connectivity index (χ0) is 21.1. The van der Waals surface area contributed by atoms with Crippen molar-refractivity contribution in [1.82, 2.24) is 19.3 Å². The van der Waals surface area contributed by atoms with Crippen molar-refractivity contribution in [3.8, 4) is 17.4 Å². The van der Waals surface area contributed by atoms with Crippen molar-refractivity contribution < 1.29 is 14.5 Å². The van der Waals surface area contributed by atoms with Crippen molar-refractivity contribution in [2.24, 2.45) is 0 Å². The first kappa shape index (κ1) is 20.3. The number of amides is 1. The smallest absolute Gasteiger partial charge is 0.246 e. The Morgan fingerprint density at radius 2 is 1.97 bits per heavy atom. The number of rotatable bonds is 5. The molecule has 154 valence electrons.